The van der Waals surface area contributed by atoms with Gasteiger partial charge in [0.15, 0.2) is 0 Å². The van der Waals surface area contributed by atoms with E-state index in [1.54, 1.807) is 25.3 Å². The van der Waals surface area contributed by atoms with Gasteiger partial charge in [-0.15, -0.1) is 0 Å². The SMILES string of the molecule is COc1ccc2cc(Br)c(C(C)(F)F)cc2c1. The van der Waals surface area contributed by atoms with Crippen LogP contribution in [-0.4, -0.2) is 7.11 Å². The fraction of sp³-hybridized carbons (Fsp3) is 0.231. The highest BCUT2D eigenvalue weighted by Gasteiger charge is 2.27. The maximum Gasteiger partial charge on any atom is 0.271 e. The molecule has 0 aliphatic rings. The highest BCUT2D eigenvalue weighted by atomic mass is 79.9. The Bertz CT molecular complexity index is 561. The quantitative estimate of drug-likeness (QED) is 0.779. The van der Waals surface area contributed by atoms with Crippen molar-refractivity contribution in [3.63, 3.8) is 0 Å². The third-order valence-electron chi connectivity index (χ3n) is 2.61. The van der Waals surface area contributed by atoms with Crippen molar-refractivity contribution in [3.05, 3.63) is 40.4 Å². The van der Waals surface area contributed by atoms with Gasteiger partial charge in [0.25, 0.3) is 5.92 Å². The van der Waals surface area contributed by atoms with Crippen LogP contribution in [0.5, 0.6) is 5.75 Å². The van der Waals surface area contributed by atoms with Gasteiger partial charge in [-0.1, -0.05) is 22.0 Å². The van der Waals surface area contributed by atoms with Gasteiger partial charge in [-0.3, -0.25) is 0 Å². The van der Waals surface area contributed by atoms with Crippen molar-refractivity contribution in [2.75, 3.05) is 7.11 Å². The minimum atomic E-state index is -2.86. The molecule has 0 aliphatic carbocycles. The molecular formula is C13H11BrF2O. The number of halogens is 3. The van der Waals surface area contributed by atoms with Crippen LogP contribution in [0.15, 0.2) is 34.8 Å². The third-order valence-corrected chi connectivity index (χ3v) is 3.26. The Balaban J connectivity index is 2.69. The maximum absolute atomic E-state index is 13.4. The molecule has 4 heteroatoms. The lowest BCUT2D eigenvalue weighted by molar-refractivity contribution is 0.0168. The van der Waals surface area contributed by atoms with Crippen LogP contribution in [-0.2, 0) is 5.92 Å². The number of hydrogen-bond acceptors (Lipinski definition) is 1. The second-order valence-electron chi connectivity index (χ2n) is 3.93. The average Bonchev–Trinajstić information content (AvgIpc) is 2.26. The number of fused-ring (bicyclic) bond motifs is 1. The Morgan fingerprint density at radius 2 is 1.82 bits per heavy atom. The van der Waals surface area contributed by atoms with Crippen molar-refractivity contribution in [1.82, 2.24) is 0 Å². The molecule has 0 spiro atoms. The Labute approximate surface area is 107 Å². The van der Waals surface area contributed by atoms with Crippen LogP contribution in [0, 0.1) is 0 Å². The zero-order valence-corrected chi connectivity index (χ0v) is 11.0. The van der Waals surface area contributed by atoms with Crippen molar-refractivity contribution >= 4 is 26.7 Å². The van der Waals surface area contributed by atoms with E-state index in [0.29, 0.717) is 10.2 Å². The zero-order valence-electron chi connectivity index (χ0n) is 9.43. The molecule has 0 N–H and O–H groups in total. The number of alkyl halides is 2. The lowest BCUT2D eigenvalue weighted by Gasteiger charge is -2.14. The molecule has 2 aromatic carbocycles. The van der Waals surface area contributed by atoms with Crippen molar-refractivity contribution in [3.8, 4) is 5.75 Å². The summed E-state index contributed by atoms with van der Waals surface area (Å²) in [6, 6.07) is 8.58. The van der Waals surface area contributed by atoms with Gasteiger partial charge in [0.2, 0.25) is 0 Å². The molecule has 0 amide bonds. The zero-order chi connectivity index (χ0) is 12.6. The summed E-state index contributed by atoms with van der Waals surface area (Å²) in [6.07, 6.45) is 0. The maximum atomic E-state index is 13.4. The summed E-state index contributed by atoms with van der Waals surface area (Å²) in [4.78, 5) is 0. The van der Waals surface area contributed by atoms with Crippen molar-refractivity contribution in [2.24, 2.45) is 0 Å². The van der Waals surface area contributed by atoms with E-state index in [4.69, 9.17) is 4.74 Å². The molecule has 2 aromatic rings. The van der Waals surface area contributed by atoms with Crippen LogP contribution in [0.1, 0.15) is 12.5 Å². The van der Waals surface area contributed by atoms with Gasteiger partial charge in [0.1, 0.15) is 5.75 Å². The minimum absolute atomic E-state index is 0.0155. The van der Waals surface area contributed by atoms with E-state index in [2.05, 4.69) is 15.9 Å². The van der Waals surface area contributed by atoms with Gasteiger partial charge >= 0.3 is 0 Å². The minimum Gasteiger partial charge on any atom is -0.497 e. The summed E-state index contributed by atoms with van der Waals surface area (Å²) in [5.74, 6) is -2.21. The lowest BCUT2D eigenvalue weighted by atomic mass is 10.0. The monoisotopic (exact) mass is 300 g/mol. The number of rotatable bonds is 2. The van der Waals surface area contributed by atoms with Crippen LogP contribution < -0.4 is 4.74 Å². The first-order chi connectivity index (χ1) is 7.91. The Hall–Kier alpha value is -1.16. The molecule has 0 aromatic heterocycles. The summed E-state index contributed by atoms with van der Waals surface area (Å²) in [6.45, 7) is 0.888. The summed E-state index contributed by atoms with van der Waals surface area (Å²) in [5.41, 5.74) is -0.0155. The number of hydrogen-bond donors (Lipinski definition) is 0. The van der Waals surface area contributed by atoms with Gasteiger partial charge in [0.05, 0.1) is 7.11 Å². The summed E-state index contributed by atoms with van der Waals surface area (Å²) in [5, 5.41) is 1.63. The smallest absolute Gasteiger partial charge is 0.271 e. The first-order valence-electron chi connectivity index (χ1n) is 5.07. The van der Waals surface area contributed by atoms with Crippen LogP contribution in [0.3, 0.4) is 0 Å². The molecule has 0 unspecified atom stereocenters. The molecule has 0 heterocycles. The Morgan fingerprint density at radius 1 is 1.12 bits per heavy atom. The van der Waals surface area contributed by atoms with E-state index in [1.807, 2.05) is 6.07 Å². The van der Waals surface area contributed by atoms with E-state index in [1.165, 1.54) is 6.07 Å². The molecule has 0 saturated carbocycles. The summed E-state index contributed by atoms with van der Waals surface area (Å²) >= 11 is 3.18. The van der Waals surface area contributed by atoms with E-state index >= 15 is 0 Å². The molecule has 17 heavy (non-hydrogen) atoms. The molecule has 0 fully saturated rings. The van der Waals surface area contributed by atoms with Gasteiger partial charge in [-0.05, 0) is 35.0 Å². The van der Waals surface area contributed by atoms with E-state index in [9.17, 15) is 8.78 Å². The molecule has 2 rings (SSSR count). The van der Waals surface area contributed by atoms with Crippen molar-refractivity contribution < 1.29 is 13.5 Å². The molecule has 0 bridgehead atoms. The van der Waals surface area contributed by atoms with Gasteiger partial charge in [0, 0.05) is 17.0 Å². The topological polar surface area (TPSA) is 9.23 Å². The molecule has 90 valence electrons. The predicted octanol–water partition coefficient (Wildman–Crippen LogP) is 4.72. The normalized spacial score (nSPS) is 11.8. The molecule has 0 radical (unpaired) electrons. The average molecular weight is 301 g/mol. The van der Waals surface area contributed by atoms with Crippen molar-refractivity contribution in [2.45, 2.75) is 12.8 Å². The number of methoxy groups -OCH3 is 1. The molecule has 1 nitrogen and oxygen atoms in total. The van der Waals surface area contributed by atoms with E-state index in [-0.39, 0.29) is 5.56 Å². The third kappa shape index (κ3) is 2.41. The summed E-state index contributed by atoms with van der Waals surface area (Å²) < 4.78 is 32.2. The summed E-state index contributed by atoms with van der Waals surface area (Å²) in [7, 11) is 1.55. The molecular weight excluding hydrogens is 290 g/mol. The number of benzene rings is 2. The van der Waals surface area contributed by atoms with Crippen LogP contribution in [0.4, 0.5) is 8.78 Å². The van der Waals surface area contributed by atoms with Crippen LogP contribution >= 0.6 is 15.9 Å². The largest absolute Gasteiger partial charge is 0.497 e. The van der Waals surface area contributed by atoms with E-state index in [0.717, 1.165) is 17.7 Å². The van der Waals surface area contributed by atoms with Crippen LogP contribution in [0.25, 0.3) is 10.8 Å². The van der Waals surface area contributed by atoms with Gasteiger partial charge in [-0.25, -0.2) is 8.78 Å². The first kappa shape index (κ1) is 12.3. The fourth-order valence-corrected chi connectivity index (χ4v) is 2.42. The lowest BCUT2D eigenvalue weighted by Crippen LogP contribution is -2.07. The molecule has 0 saturated heterocycles. The van der Waals surface area contributed by atoms with Crippen molar-refractivity contribution in [1.29, 1.82) is 0 Å². The standard InChI is InChI=1S/C13H11BrF2O/c1-13(15,16)11-6-9-5-10(17-2)4-3-8(9)7-12(11)14/h3-7H,1-2H3. The highest BCUT2D eigenvalue weighted by molar-refractivity contribution is 9.10. The Morgan fingerprint density at radius 3 is 2.41 bits per heavy atom. The van der Waals surface area contributed by atoms with E-state index < -0.39 is 5.92 Å². The highest BCUT2D eigenvalue weighted by Crippen LogP contribution is 2.36. The second kappa shape index (κ2) is 4.26. The second-order valence-corrected chi connectivity index (χ2v) is 4.79. The first-order valence-corrected chi connectivity index (χ1v) is 5.87. The van der Waals surface area contributed by atoms with Gasteiger partial charge < -0.3 is 4.74 Å². The fourth-order valence-electron chi connectivity index (χ4n) is 1.71. The van der Waals surface area contributed by atoms with Crippen LogP contribution in [0.2, 0.25) is 0 Å². The number of ether oxygens (including phenoxy) is 1. The Kier molecular flexibility index (Phi) is 3.08. The van der Waals surface area contributed by atoms with Gasteiger partial charge in [-0.2, -0.15) is 0 Å². The predicted molar refractivity (Wildman–Crippen MR) is 67.8 cm³/mol. The molecule has 0 atom stereocenters. The molecule has 0 aliphatic heterocycles.